The van der Waals surface area contributed by atoms with Gasteiger partial charge in [0.15, 0.2) is 0 Å². The third kappa shape index (κ3) is 6.53. The van der Waals surface area contributed by atoms with E-state index in [-0.39, 0.29) is 17.9 Å². The molecule has 1 N–H and O–H groups in total. The summed E-state index contributed by atoms with van der Waals surface area (Å²) in [7, 11) is 0. The Balaban J connectivity index is 1.28. The molecule has 1 aliphatic carbocycles. The second-order valence-electron chi connectivity index (χ2n) is 8.99. The minimum atomic E-state index is -0.275. The van der Waals surface area contributed by atoms with Gasteiger partial charge in [0.1, 0.15) is 0 Å². The smallest absolute Gasteiger partial charge is 0.224 e. The average molecular weight is 456 g/mol. The van der Waals surface area contributed by atoms with Gasteiger partial charge in [0, 0.05) is 23.7 Å². The summed E-state index contributed by atoms with van der Waals surface area (Å²) in [6, 6.07) is 13.1. The minimum Gasteiger partial charge on any atom is -0.377 e. The highest BCUT2D eigenvalue weighted by Crippen LogP contribution is 2.25. The summed E-state index contributed by atoms with van der Waals surface area (Å²) in [5.74, 6) is 0.137. The molecule has 32 heavy (non-hydrogen) atoms. The summed E-state index contributed by atoms with van der Waals surface area (Å²) in [6.45, 7) is 3.66. The Bertz CT molecular complexity index is 832. The molecule has 0 unspecified atom stereocenters. The largest absolute Gasteiger partial charge is 0.377 e. The van der Waals surface area contributed by atoms with Gasteiger partial charge in [-0.2, -0.15) is 0 Å². The maximum Gasteiger partial charge on any atom is 0.224 e. The van der Waals surface area contributed by atoms with Crippen LogP contribution in [0.25, 0.3) is 0 Å². The number of benzene rings is 1. The van der Waals surface area contributed by atoms with Crippen molar-refractivity contribution in [2.24, 2.45) is 5.92 Å². The first-order valence-corrected chi connectivity index (χ1v) is 12.4. The highest BCUT2D eigenvalue weighted by molar-refractivity contribution is 6.30. The van der Waals surface area contributed by atoms with E-state index in [1.165, 1.54) is 32.1 Å². The first kappa shape index (κ1) is 23.2. The lowest BCUT2D eigenvalue weighted by molar-refractivity contribution is -0.127. The van der Waals surface area contributed by atoms with E-state index in [0.717, 1.165) is 50.3 Å². The molecule has 0 spiro atoms. The summed E-state index contributed by atoms with van der Waals surface area (Å²) in [5.41, 5.74) is 1.82. The number of piperidine rings is 1. The zero-order valence-electron chi connectivity index (χ0n) is 18.7. The highest BCUT2D eigenvalue weighted by atomic mass is 35.5. The van der Waals surface area contributed by atoms with Gasteiger partial charge in [-0.25, -0.2) is 0 Å². The van der Waals surface area contributed by atoms with Gasteiger partial charge in [-0.05, 0) is 68.6 Å². The number of nitrogens with zero attached hydrogens (tertiary/aromatic N) is 2. The molecule has 0 radical (unpaired) electrons. The van der Waals surface area contributed by atoms with Crippen LogP contribution in [-0.2, 0) is 9.53 Å². The zero-order chi connectivity index (χ0) is 22.2. The van der Waals surface area contributed by atoms with Gasteiger partial charge in [-0.1, -0.05) is 49.1 Å². The van der Waals surface area contributed by atoms with E-state index in [1.54, 1.807) is 6.20 Å². The van der Waals surface area contributed by atoms with E-state index in [4.69, 9.17) is 16.3 Å². The van der Waals surface area contributed by atoms with E-state index < -0.39 is 0 Å². The Kier molecular flexibility index (Phi) is 8.55. The quantitative estimate of drug-likeness (QED) is 0.608. The Morgan fingerprint density at radius 3 is 2.50 bits per heavy atom. The lowest BCUT2D eigenvalue weighted by atomic mass is 9.94. The number of hydrogen-bond acceptors (Lipinski definition) is 4. The number of likely N-dealkylation sites (tertiary alicyclic amines) is 1. The molecule has 1 aromatic carbocycles. The number of carbonyl (C=O) groups is 1. The van der Waals surface area contributed by atoms with Gasteiger partial charge in [-0.3, -0.25) is 9.78 Å². The molecular formula is C26H34ClN3O2. The van der Waals surface area contributed by atoms with E-state index in [1.807, 2.05) is 42.5 Å². The molecule has 1 saturated carbocycles. The highest BCUT2D eigenvalue weighted by Gasteiger charge is 2.28. The standard InChI is InChI=1S/C26H34ClN3O2/c27-22-11-9-20(10-12-22)25(24-8-4-5-15-28-24)29-26(31)21-13-16-30(17-14-21)18-19-32-23-6-2-1-3-7-23/h4-5,8-12,15,21,23,25H,1-3,6-7,13-14,16-19H2,(H,29,31)/t25-/m1/s1. The van der Waals surface area contributed by atoms with Crippen LogP contribution < -0.4 is 5.32 Å². The molecule has 2 fully saturated rings. The molecule has 1 saturated heterocycles. The van der Waals surface area contributed by atoms with Crippen LogP contribution in [0.1, 0.15) is 62.2 Å². The molecule has 4 rings (SSSR count). The van der Waals surface area contributed by atoms with Crippen molar-refractivity contribution in [1.82, 2.24) is 15.2 Å². The molecule has 2 aromatic rings. The van der Waals surface area contributed by atoms with Crippen LogP contribution in [-0.4, -0.2) is 48.1 Å². The van der Waals surface area contributed by atoms with Crippen LogP contribution in [0, 0.1) is 5.92 Å². The van der Waals surface area contributed by atoms with Gasteiger partial charge in [-0.15, -0.1) is 0 Å². The Morgan fingerprint density at radius 2 is 1.81 bits per heavy atom. The van der Waals surface area contributed by atoms with E-state index >= 15 is 0 Å². The number of amides is 1. The Labute approximate surface area is 196 Å². The third-order valence-electron chi connectivity index (χ3n) is 6.75. The number of halogens is 1. The van der Waals surface area contributed by atoms with Crippen molar-refractivity contribution < 1.29 is 9.53 Å². The van der Waals surface area contributed by atoms with Crippen LogP contribution >= 0.6 is 11.6 Å². The third-order valence-corrected chi connectivity index (χ3v) is 7.00. The SMILES string of the molecule is O=C(N[C@H](c1ccc(Cl)cc1)c1ccccn1)C1CCN(CCOC2CCCCC2)CC1. The van der Waals surface area contributed by atoms with Crippen LogP contribution in [0.4, 0.5) is 0 Å². The summed E-state index contributed by atoms with van der Waals surface area (Å²) < 4.78 is 6.08. The molecule has 2 heterocycles. The Hall–Kier alpha value is -1.95. The number of nitrogens with one attached hydrogen (secondary N) is 1. The zero-order valence-corrected chi connectivity index (χ0v) is 19.5. The molecule has 1 aromatic heterocycles. The summed E-state index contributed by atoms with van der Waals surface area (Å²) in [5, 5.41) is 3.93. The predicted molar refractivity (Wildman–Crippen MR) is 128 cm³/mol. The normalized spacial score (nSPS) is 19.5. The van der Waals surface area contributed by atoms with Crippen molar-refractivity contribution >= 4 is 17.5 Å². The molecular weight excluding hydrogens is 422 g/mol. The Morgan fingerprint density at radius 1 is 1.06 bits per heavy atom. The maximum atomic E-state index is 13.1. The molecule has 2 aliphatic rings. The second-order valence-corrected chi connectivity index (χ2v) is 9.43. The van der Waals surface area contributed by atoms with Gasteiger partial charge in [0.25, 0.3) is 0 Å². The molecule has 5 nitrogen and oxygen atoms in total. The number of pyridine rings is 1. The number of rotatable bonds is 8. The maximum absolute atomic E-state index is 13.1. The summed E-state index contributed by atoms with van der Waals surface area (Å²) in [6.07, 6.45) is 10.4. The van der Waals surface area contributed by atoms with Crippen molar-refractivity contribution in [2.45, 2.75) is 57.1 Å². The number of hydrogen-bond donors (Lipinski definition) is 1. The van der Waals surface area contributed by atoms with E-state index in [2.05, 4.69) is 15.2 Å². The topological polar surface area (TPSA) is 54.5 Å². The van der Waals surface area contributed by atoms with Crippen LogP contribution in [0.3, 0.4) is 0 Å². The first-order chi connectivity index (χ1) is 15.7. The molecule has 1 amide bonds. The number of carbonyl (C=O) groups excluding carboxylic acids is 1. The van der Waals surface area contributed by atoms with Crippen LogP contribution in [0.15, 0.2) is 48.7 Å². The fourth-order valence-corrected chi connectivity index (χ4v) is 4.92. The monoisotopic (exact) mass is 455 g/mol. The van der Waals surface area contributed by atoms with E-state index in [0.29, 0.717) is 11.1 Å². The molecule has 1 aliphatic heterocycles. The number of ether oxygens (including phenoxy) is 1. The average Bonchev–Trinajstić information content (AvgIpc) is 2.85. The van der Waals surface area contributed by atoms with Crippen molar-refractivity contribution in [1.29, 1.82) is 0 Å². The fourth-order valence-electron chi connectivity index (χ4n) is 4.79. The number of aromatic nitrogens is 1. The molecule has 1 atom stereocenters. The van der Waals surface area contributed by atoms with Gasteiger partial charge < -0.3 is 15.0 Å². The summed E-state index contributed by atoms with van der Waals surface area (Å²) in [4.78, 5) is 20.1. The van der Waals surface area contributed by atoms with Gasteiger partial charge in [0.2, 0.25) is 5.91 Å². The van der Waals surface area contributed by atoms with Crippen LogP contribution in [0.2, 0.25) is 5.02 Å². The van der Waals surface area contributed by atoms with Gasteiger partial charge in [0.05, 0.1) is 24.4 Å². The van der Waals surface area contributed by atoms with E-state index in [9.17, 15) is 4.79 Å². The molecule has 0 bridgehead atoms. The van der Waals surface area contributed by atoms with Gasteiger partial charge >= 0.3 is 0 Å². The minimum absolute atomic E-state index is 0.0315. The van der Waals surface area contributed by atoms with Crippen LogP contribution in [0.5, 0.6) is 0 Å². The molecule has 6 heteroatoms. The van der Waals surface area contributed by atoms with Crippen molar-refractivity contribution in [3.8, 4) is 0 Å². The lowest BCUT2D eigenvalue weighted by Gasteiger charge is -2.32. The predicted octanol–water partition coefficient (Wildman–Crippen LogP) is 5.00. The fraction of sp³-hybridized carbons (Fsp3) is 0.538. The van der Waals surface area contributed by atoms with Crippen molar-refractivity contribution in [3.63, 3.8) is 0 Å². The second kappa shape index (κ2) is 11.8. The molecule has 172 valence electrons. The first-order valence-electron chi connectivity index (χ1n) is 12.0. The van der Waals surface area contributed by atoms with Crippen molar-refractivity contribution in [2.75, 3.05) is 26.2 Å². The van der Waals surface area contributed by atoms with Crippen molar-refractivity contribution in [3.05, 3.63) is 64.9 Å². The lowest BCUT2D eigenvalue weighted by Crippen LogP contribution is -2.43. The summed E-state index contributed by atoms with van der Waals surface area (Å²) >= 11 is 6.07.